The maximum atomic E-state index is 11.0. The van der Waals surface area contributed by atoms with Crippen LogP contribution in [-0.2, 0) is 11.3 Å². The van der Waals surface area contributed by atoms with E-state index in [1.807, 2.05) is 30.5 Å². The van der Waals surface area contributed by atoms with Gasteiger partial charge in [0.15, 0.2) is 0 Å². The topological polar surface area (TPSA) is 67.2 Å². The van der Waals surface area contributed by atoms with Crippen LogP contribution >= 0.6 is 0 Å². The predicted octanol–water partition coefficient (Wildman–Crippen LogP) is 1.50. The van der Waals surface area contributed by atoms with Gasteiger partial charge in [0.1, 0.15) is 0 Å². The number of hydrogen-bond acceptors (Lipinski definition) is 3. The molecule has 5 nitrogen and oxygen atoms in total. The molecule has 2 aromatic rings. The Morgan fingerprint density at radius 1 is 1.44 bits per heavy atom. The zero-order valence-electron chi connectivity index (χ0n) is 10.1. The second-order valence-corrected chi connectivity index (χ2v) is 3.98. The highest BCUT2D eigenvalue weighted by atomic mass is 16.3. The first kappa shape index (κ1) is 12.3. The quantitative estimate of drug-likeness (QED) is 0.857. The van der Waals surface area contributed by atoms with E-state index in [-0.39, 0.29) is 12.5 Å². The number of carbonyl (C=O) groups is 1. The number of hydrogen-bond donors (Lipinski definition) is 2. The van der Waals surface area contributed by atoms with Crippen LogP contribution < -0.4 is 5.32 Å². The van der Waals surface area contributed by atoms with E-state index in [2.05, 4.69) is 10.4 Å². The lowest BCUT2D eigenvalue weighted by molar-refractivity contribution is -0.114. The fourth-order valence-corrected chi connectivity index (χ4v) is 1.72. The summed E-state index contributed by atoms with van der Waals surface area (Å²) in [5.41, 5.74) is 2.69. The number of aliphatic hydroxyl groups excluding tert-OH is 1. The number of anilines is 1. The molecule has 0 unspecified atom stereocenters. The lowest BCUT2D eigenvalue weighted by Gasteiger charge is -2.04. The Bertz CT molecular complexity index is 549. The van der Waals surface area contributed by atoms with Gasteiger partial charge in [-0.2, -0.15) is 5.10 Å². The molecule has 0 aliphatic carbocycles. The summed E-state index contributed by atoms with van der Waals surface area (Å²) < 4.78 is 1.68. The SMILES string of the molecule is CC(=O)Nc1cccc(-c2cnn(CCO)c2)c1. The van der Waals surface area contributed by atoms with Crippen molar-refractivity contribution < 1.29 is 9.90 Å². The van der Waals surface area contributed by atoms with Gasteiger partial charge in [-0.05, 0) is 17.7 Å². The molecule has 0 atom stereocenters. The number of amides is 1. The van der Waals surface area contributed by atoms with Gasteiger partial charge in [0.05, 0.1) is 19.3 Å². The van der Waals surface area contributed by atoms with Crippen molar-refractivity contribution in [1.29, 1.82) is 0 Å². The molecule has 1 aromatic carbocycles. The molecule has 0 bridgehead atoms. The molecule has 0 fully saturated rings. The second-order valence-electron chi connectivity index (χ2n) is 3.98. The molecule has 2 N–H and O–H groups in total. The molecular formula is C13H15N3O2. The summed E-state index contributed by atoms with van der Waals surface area (Å²) in [5, 5.41) is 15.7. The van der Waals surface area contributed by atoms with Crippen molar-refractivity contribution in [3.63, 3.8) is 0 Å². The van der Waals surface area contributed by atoms with Gasteiger partial charge in [-0.15, -0.1) is 0 Å². The molecular weight excluding hydrogens is 230 g/mol. The largest absolute Gasteiger partial charge is 0.394 e. The lowest BCUT2D eigenvalue weighted by atomic mass is 10.1. The van der Waals surface area contributed by atoms with Crippen LogP contribution in [0.25, 0.3) is 11.1 Å². The predicted molar refractivity (Wildman–Crippen MR) is 69.1 cm³/mol. The Hall–Kier alpha value is -2.14. The summed E-state index contributed by atoms with van der Waals surface area (Å²) in [6.07, 6.45) is 3.60. The van der Waals surface area contributed by atoms with E-state index in [4.69, 9.17) is 5.11 Å². The number of aliphatic hydroxyl groups is 1. The number of carbonyl (C=O) groups excluding carboxylic acids is 1. The van der Waals surface area contributed by atoms with E-state index in [0.717, 1.165) is 16.8 Å². The molecule has 0 saturated heterocycles. The monoisotopic (exact) mass is 245 g/mol. The van der Waals surface area contributed by atoms with Crippen molar-refractivity contribution in [1.82, 2.24) is 9.78 Å². The van der Waals surface area contributed by atoms with Crippen molar-refractivity contribution in [2.75, 3.05) is 11.9 Å². The Labute approximate surface area is 105 Å². The van der Waals surface area contributed by atoms with Crippen LogP contribution in [0.15, 0.2) is 36.7 Å². The van der Waals surface area contributed by atoms with Gasteiger partial charge in [0.25, 0.3) is 0 Å². The smallest absolute Gasteiger partial charge is 0.221 e. The zero-order valence-corrected chi connectivity index (χ0v) is 10.1. The van der Waals surface area contributed by atoms with Gasteiger partial charge >= 0.3 is 0 Å². The third kappa shape index (κ3) is 2.95. The third-order valence-electron chi connectivity index (χ3n) is 2.48. The Morgan fingerprint density at radius 3 is 3.00 bits per heavy atom. The highest BCUT2D eigenvalue weighted by Crippen LogP contribution is 2.22. The summed E-state index contributed by atoms with van der Waals surface area (Å²) in [7, 11) is 0. The molecule has 1 aromatic heterocycles. The molecule has 0 spiro atoms. The van der Waals surface area contributed by atoms with Crippen molar-refractivity contribution in [2.24, 2.45) is 0 Å². The molecule has 1 heterocycles. The number of aromatic nitrogens is 2. The zero-order chi connectivity index (χ0) is 13.0. The number of nitrogens with zero attached hydrogens (tertiary/aromatic N) is 2. The summed E-state index contributed by atoms with van der Waals surface area (Å²) >= 11 is 0. The van der Waals surface area contributed by atoms with Crippen molar-refractivity contribution >= 4 is 11.6 Å². The molecule has 0 radical (unpaired) electrons. The molecule has 0 aliphatic heterocycles. The number of rotatable bonds is 4. The highest BCUT2D eigenvalue weighted by Gasteiger charge is 2.03. The average Bonchev–Trinajstić information content (AvgIpc) is 2.78. The van der Waals surface area contributed by atoms with Crippen molar-refractivity contribution in [2.45, 2.75) is 13.5 Å². The van der Waals surface area contributed by atoms with E-state index in [1.54, 1.807) is 10.9 Å². The van der Waals surface area contributed by atoms with E-state index in [0.29, 0.717) is 6.54 Å². The first-order chi connectivity index (χ1) is 8.69. The minimum atomic E-state index is -0.0943. The first-order valence-corrected chi connectivity index (χ1v) is 5.70. The van der Waals surface area contributed by atoms with E-state index < -0.39 is 0 Å². The summed E-state index contributed by atoms with van der Waals surface area (Å²) in [4.78, 5) is 11.0. The van der Waals surface area contributed by atoms with E-state index >= 15 is 0 Å². The fraction of sp³-hybridized carbons (Fsp3) is 0.231. The maximum absolute atomic E-state index is 11.0. The highest BCUT2D eigenvalue weighted by molar-refractivity contribution is 5.89. The van der Waals surface area contributed by atoms with Gasteiger partial charge in [0.2, 0.25) is 5.91 Å². The van der Waals surface area contributed by atoms with Gasteiger partial charge < -0.3 is 10.4 Å². The van der Waals surface area contributed by atoms with Crippen LogP contribution in [0.4, 0.5) is 5.69 Å². The normalized spacial score (nSPS) is 10.3. The minimum absolute atomic E-state index is 0.0626. The Morgan fingerprint density at radius 2 is 2.28 bits per heavy atom. The van der Waals surface area contributed by atoms with Gasteiger partial charge in [-0.1, -0.05) is 12.1 Å². The standard InChI is InChI=1S/C13H15N3O2/c1-10(18)15-13-4-2-3-11(7-13)12-8-14-16(9-12)5-6-17/h2-4,7-9,17H,5-6H2,1H3,(H,15,18). The van der Waals surface area contributed by atoms with Crippen molar-refractivity contribution in [3.8, 4) is 11.1 Å². The van der Waals surface area contributed by atoms with Gasteiger partial charge in [-0.25, -0.2) is 0 Å². The molecule has 0 saturated carbocycles. The molecule has 5 heteroatoms. The van der Waals surface area contributed by atoms with Crippen LogP contribution in [-0.4, -0.2) is 27.4 Å². The van der Waals surface area contributed by atoms with Crippen LogP contribution in [0.5, 0.6) is 0 Å². The molecule has 1 amide bonds. The van der Waals surface area contributed by atoms with Gasteiger partial charge in [-0.3, -0.25) is 9.48 Å². The third-order valence-corrected chi connectivity index (χ3v) is 2.48. The Kier molecular flexibility index (Phi) is 3.74. The average molecular weight is 245 g/mol. The first-order valence-electron chi connectivity index (χ1n) is 5.70. The summed E-state index contributed by atoms with van der Waals surface area (Å²) in [5.74, 6) is -0.0943. The number of benzene rings is 1. The van der Waals surface area contributed by atoms with Crippen LogP contribution in [0, 0.1) is 0 Å². The maximum Gasteiger partial charge on any atom is 0.221 e. The summed E-state index contributed by atoms with van der Waals surface area (Å²) in [6, 6.07) is 7.56. The van der Waals surface area contributed by atoms with Gasteiger partial charge in [0, 0.05) is 24.4 Å². The molecule has 0 aliphatic rings. The fourth-order valence-electron chi connectivity index (χ4n) is 1.72. The van der Waals surface area contributed by atoms with Crippen molar-refractivity contribution in [3.05, 3.63) is 36.7 Å². The van der Waals surface area contributed by atoms with E-state index in [1.165, 1.54) is 6.92 Å². The molecule has 2 rings (SSSR count). The lowest BCUT2D eigenvalue weighted by Crippen LogP contribution is -2.05. The van der Waals surface area contributed by atoms with E-state index in [9.17, 15) is 4.79 Å². The summed E-state index contributed by atoms with van der Waals surface area (Å²) in [6.45, 7) is 2.02. The van der Waals surface area contributed by atoms with Crippen LogP contribution in [0.1, 0.15) is 6.92 Å². The molecule has 94 valence electrons. The minimum Gasteiger partial charge on any atom is -0.394 e. The second kappa shape index (κ2) is 5.46. The number of nitrogens with one attached hydrogen (secondary N) is 1. The van der Waals surface area contributed by atoms with Crippen LogP contribution in [0.3, 0.4) is 0 Å². The van der Waals surface area contributed by atoms with Crippen LogP contribution in [0.2, 0.25) is 0 Å². The molecule has 18 heavy (non-hydrogen) atoms. The Balaban J connectivity index is 2.23.